The van der Waals surface area contributed by atoms with Gasteiger partial charge in [0, 0.05) is 5.02 Å². The molecule has 2 aromatic carbocycles. The number of nitrogens with one attached hydrogen (secondary N) is 1. The molecule has 4 heteroatoms. The molecule has 1 N–H and O–H groups in total. The van der Waals surface area contributed by atoms with Crippen LogP contribution in [0.1, 0.15) is 45.2 Å². The van der Waals surface area contributed by atoms with Crippen molar-refractivity contribution in [2.45, 2.75) is 45.8 Å². The molecule has 25 heavy (non-hydrogen) atoms. The minimum atomic E-state index is -0.545. The van der Waals surface area contributed by atoms with Crippen molar-refractivity contribution in [1.82, 2.24) is 5.32 Å². The van der Waals surface area contributed by atoms with Crippen LogP contribution in [0.25, 0.3) is 0 Å². The molecular weight excluding hydrogens is 334 g/mol. The van der Waals surface area contributed by atoms with Crippen LogP contribution in [0, 0.1) is 5.92 Å². The van der Waals surface area contributed by atoms with E-state index >= 15 is 0 Å². The van der Waals surface area contributed by atoms with Gasteiger partial charge >= 0.3 is 0 Å². The van der Waals surface area contributed by atoms with Gasteiger partial charge in [-0.3, -0.25) is 4.79 Å². The number of amides is 1. The van der Waals surface area contributed by atoms with Crippen molar-refractivity contribution >= 4 is 17.5 Å². The normalized spacial score (nSPS) is 13.3. The molecule has 0 heterocycles. The lowest BCUT2D eigenvalue weighted by Crippen LogP contribution is -2.40. The van der Waals surface area contributed by atoms with Gasteiger partial charge in [0.15, 0.2) is 6.10 Å². The first kappa shape index (κ1) is 19.3. The summed E-state index contributed by atoms with van der Waals surface area (Å²) in [6.07, 6.45) is 0.919. The van der Waals surface area contributed by atoms with Gasteiger partial charge in [0.2, 0.25) is 0 Å². The monoisotopic (exact) mass is 359 g/mol. The van der Waals surface area contributed by atoms with Crippen LogP contribution in [0.4, 0.5) is 0 Å². The molecule has 2 aromatic rings. The molecule has 0 saturated carbocycles. The molecule has 0 aromatic heterocycles. The van der Waals surface area contributed by atoms with Gasteiger partial charge in [0.1, 0.15) is 5.75 Å². The van der Waals surface area contributed by atoms with E-state index in [9.17, 15) is 4.79 Å². The predicted molar refractivity (Wildman–Crippen MR) is 103 cm³/mol. The molecule has 0 bridgehead atoms. The number of hydrogen-bond acceptors (Lipinski definition) is 2. The van der Waals surface area contributed by atoms with Gasteiger partial charge in [0.05, 0.1) is 6.04 Å². The van der Waals surface area contributed by atoms with Gasteiger partial charge in [-0.05, 0) is 42.5 Å². The van der Waals surface area contributed by atoms with E-state index in [1.807, 2.05) is 49.4 Å². The molecule has 3 nitrogen and oxygen atoms in total. The number of halogens is 1. The van der Waals surface area contributed by atoms with E-state index in [0.717, 1.165) is 12.0 Å². The number of ether oxygens (including phenoxy) is 1. The van der Waals surface area contributed by atoms with Crippen molar-refractivity contribution in [3.63, 3.8) is 0 Å². The number of carbonyl (C=O) groups excluding carboxylic acids is 1. The maximum Gasteiger partial charge on any atom is 0.261 e. The van der Waals surface area contributed by atoms with Crippen LogP contribution in [0.3, 0.4) is 0 Å². The maximum atomic E-state index is 12.8. The van der Waals surface area contributed by atoms with E-state index in [4.69, 9.17) is 16.3 Å². The van der Waals surface area contributed by atoms with E-state index in [-0.39, 0.29) is 11.9 Å². The quantitative estimate of drug-likeness (QED) is 0.685. The Balaban J connectivity index is 2.09. The standard InChI is InChI=1S/C21H26ClNO2/c1-4-20(25-18-12-8-11-17(22)14-18)21(24)23-19(13-15(2)3)16-9-6-5-7-10-16/h5-12,14-15,19-20H,4,13H2,1-3H3,(H,23,24)/t19-,20+/m0/s1. The van der Waals surface area contributed by atoms with Crippen LogP contribution in [0.15, 0.2) is 54.6 Å². The second-order valence-corrected chi connectivity index (χ2v) is 7.01. The van der Waals surface area contributed by atoms with E-state index in [2.05, 4.69) is 19.2 Å². The van der Waals surface area contributed by atoms with Gasteiger partial charge in [-0.2, -0.15) is 0 Å². The predicted octanol–water partition coefficient (Wildman–Crippen LogP) is 5.40. The topological polar surface area (TPSA) is 38.3 Å². The first-order chi connectivity index (χ1) is 12.0. The summed E-state index contributed by atoms with van der Waals surface area (Å²) in [5, 5.41) is 3.75. The van der Waals surface area contributed by atoms with E-state index in [1.165, 1.54) is 0 Å². The molecule has 0 unspecified atom stereocenters. The fourth-order valence-corrected chi connectivity index (χ4v) is 2.91. The zero-order chi connectivity index (χ0) is 18.2. The lowest BCUT2D eigenvalue weighted by molar-refractivity contribution is -0.129. The lowest BCUT2D eigenvalue weighted by atomic mass is 9.96. The zero-order valence-corrected chi connectivity index (χ0v) is 15.8. The minimum absolute atomic E-state index is 0.0225. The first-order valence-corrected chi connectivity index (χ1v) is 9.15. The van der Waals surface area contributed by atoms with Crippen molar-refractivity contribution < 1.29 is 9.53 Å². The molecule has 0 aliphatic rings. The largest absolute Gasteiger partial charge is 0.481 e. The van der Waals surface area contributed by atoms with Crippen molar-refractivity contribution in [2.24, 2.45) is 5.92 Å². The highest BCUT2D eigenvalue weighted by Gasteiger charge is 2.23. The smallest absolute Gasteiger partial charge is 0.261 e. The summed E-state index contributed by atoms with van der Waals surface area (Å²) in [7, 11) is 0. The van der Waals surface area contributed by atoms with Gasteiger partial charge in [-0.25, -0.2) is 0 Å². The van der Waals surface area contributed by atoms with Crippen LogP contribution in [0.5, 0.6) is 5.75 Å². The average molecular weight is 360 g/mol. The molecular formula is C21H26ClNO2. The Bertz CT molecular complexity index is 673. The SMILES string of the molecule is CC[C@@H](Oc1cccc(Cl)c1)C(=O)N[C@@H](CC(C)C)c1ccccc1. The molecule has 0 spiro atoms. The van der Waals surface area contributed by atoms with Gasteiger partial charge in [-0.1, -0.05) is 68.8 Å². The maximum absolute atomic E-state index is 12.8. The van der Waals surface area contributed by atoms with Crippen molar-refractivity contribution in [3.8, 4) is 5.75 Å². The molecule has 2 atom stereocenters. The highest BCUT2D eigenvalue weighted by atomic mass is 35.5. The third kappa shape index (κ3) is 6.09. The summed E-state index contributed by atoms with van der Waals surface area (Å²) < 4.78 is 5.85. The van der Waals surface area contributed by atoms with Crippen molar-refractivity contribution in [3.05, 3.63) is 65.2 Å². The molecule has 0 radical (unpaired) electrons. The fraction of sp³-hybridized carbons (Fsp3) is 0.381. The summed E-state index contributed by atoms with van der Waals surface area (Å²) >= 11 is 5.99. The minimum Gasteiger partial charge on any atom is -0.481 e. The number of benzene rings is 2. The second kappa shape index (κ2) is 9.47. The highest BCUT2D eigenvalue weighted by Crippen LogP contribution is 2.23. The van der Waals surface area contributed by atoms with Gasteiger partial charge < -0.3 is 10.1 Å². The van der Waals surface area contributed by atoms with Crippen LogP contribution in [0.2, 0.25) is 5.02 Å². The van der Waals surface area contributed by atoms with Gasteiger partial charge in [-0.15, -0.1) is 0 Å². The summed E-state index contributed by atoms with van der Waals surface area (Å²) in [4.78, 5) is 12.8. The average Bonchev–Trinajstić information content (AvgIpc) is 2.59. The third-order valence-electron chi connectivity index (χ3n) is 3.96. The van der Waals surface area contributed by atoms with Crippen LogP contribution < -0.4 is 10.1 Å². The van der Waals surface area contributed by atoms with Crippen LogP contribution >= 0.6 is 11.6 Å². The number of carbonyl (C=O) groups is 1. The van der Waals surface area contributed by atoms with E-state index in [0.29, 0.717) is 23.1 Å². The molecule has 0 saturated heterocycles. The Kier molecular flexibility index (Phi) is 7.32. The summed E-state index contributed by atoms with van der Waals surface area (Å²) in [5.74, 6) is 0.978. The second-order valence-electron chi connectivity index (χ2n) is 6.57. The van der Waals surface area contributed by atoms with Gasteiger partial charge in [0.25, 0.3) is 5.91 Å². The van der Waals surface area contributed by atoms with Crippen LogP contribution in [-0.2, 0) is 4.79 Å². The fourth-order valence-electron chi connectivity index (χ4n) is 2.73. The van der Waals surface area contributed by atoms with E-state index < -0.39 is 6.10 Å². The Labute approximate surface area is 155 Å². The first-order valence-electron chi connectivity index (χ1n) is 8.77. The Morgan fingerprint density at radius 3 is 2.44 bits per heavy atom. The molecule has 2 rings (SSSR count). The summed E-state index contributed by atoms with van der Waals surface area (Å²) in [6.45, 7) is 6.25. The van der Waals surface area contributed by atoms with Crippen molar-refractivity contribution in [2.75, 3.05) is 0 Å². The Hall–Kier alpha value is -2.00. The van der Waals surface area contributed by atoms with Crippen LogP contribution in [-0.4, -0.2) is 12.0 Å². The highest BCUT2D eigenvalue weighted by molar-refractivity contribution is 6.30. The summed E-state index contributed by atoms with van der Waals surface area (Å²) in [6, 6.07) is 17.2. The van der Waals surface area contributed by atoms with Crippen molar-refractivity contribution in [1.29, 1.82) is 0 Å². The Morgan fingerprint density at radius 1 is 1.12 bits per heavy atom. The summed E-state index contributed by atoms with van der Waals surface area (Å²) in [5.41, 5.74) is 1.11. The number of hydrogen-bond donors (Lipinski definition) is 1. The molecule has 1 amide bonds. The molecule has 134 valence electrons. The zero-order valence-electron chi connectivity index (χ0n) is 15.0. The molecule has 0 aliphatic carbocycles. The lowest BCUT2D eigenvalue weighted by Gasteiger charge is -2.24. The molecule has 0 aliphatic heterocycles. The third-order valence-corrected chi connectivity index (χ3v) is 4.20. The Morgan fingerprint density at radius 2 is 1.84 bits per heavy atom. The number of rotatable bonds is 8. The molecule has 0 fully saturated rings. The van der Waals surface area contributed by atoms with E-state index in [1.54, 1.807) is 12.1 Å².